The number of carbonyl (C=O) groups excluding carboxylic acids is 21. The molecule has 2 heterocycles. The van der Waals surface area contributed by atoms with Gasteiger partial charge in [-0.25, -0.2) is 4.79 Å². The molecule has 0 saturated carbocycles. The molecule has 0 aliphatic carbocycles. The van der Waals surface area contributed by atoms with Crippen LogP contribution in [-0.2, 0) is 130 Å². The highest BCUT2D eigenvalue weighted by Gasteiger charge is 2.42. The minimum atomic E-state index is -2.10. The third-order valence-electron chi connectivity index (χ3n) is 22.8. The van der Waals surface area contributed by atoms with Crippen LogP contribution in [0.4, 0.5) is 0 Å². The number of carboxylic acid groups (broad SMARTS) is 2. The van der Waals surface area contributed by atoms with Crippen LogP contribution in [0, 0.1) is 5.92 Å². The van der Waals surface area contributed by atoms with E-state index in [1.54, 1.807) is 31.2 Å². The number of H-pyrrole nitrogens is 1. The van der Waals surface area contributed by atoms with Gasteiger partial charge in [-0.05, 0) is 143 Å². The minimum Gasteiger partial charge on any atom is -0.508 e. The standard InChI is InChI=1S/C89H128N24O28/c1-4-44(2)74(86(137)109-61(38-46-14-18-49(115)19-15-46)83(134)105-58(26-33-69(96)121)81(132)107-60(28-35-73(125)126)88(139)113-37-9-13-64(113)89(140)141)111-82(133)59(27-34-70(97)122)106-84(135)62(39-47-16-20-50(116)21-17-47)110-87(138)75(45(3)114)112-85(136)63(40-48-41-98-53-11-6-5-10-51(48)53)108-80(131)57(25-32-68(95)120)102-72(124)43-99-77(128)55(23-30-66(93)118)101-71(123)42-100-78(129)56(24-31-67(94)119)104-79(130)54(12-7-8-36-90)103-76(127)52(91)22-29-65(92)117/h5-6,10-11,14-21,41,44-45,52,54-64,74-75,98,114-116H,4,7-9,12-13,22-40,42-43,90-91H2,1-3H3,(H2,92,117)(H2,93,118)(H2,94,119)(H2,95,120)(H2,96,121)(H2,97,122)(H,99,128)(H,100,129)(H,101,123)(H,102,124)(H,103,127)(H,104,130)(H,105,134)(H,106,135)(H,107,132)(H,108,131)(H,109,137)(H,110,138)(H,111,133)(H,112,136)(H,125,126)(H,140,141)/t44-,45+,52-,54-,55-,56-,57-,58-,59-,60-,61-,62-,63-,64-,74-,75-/m0/s1. The van der Waals surface area contributed by atoms with Crippen LogP contribution in [0.1, 0.15) is 166 Å². The van der Waals surface area contributed by atoms with Crippen LogP contribution in [0.15, 0.2) is 79.0 Å². The van der Waals surface area contributed by atoms with Gasteiger partial charge in [-0.15, -0.1) is 0 Å². The number of nitrogens with zero attached hydrogens (tertiary/aromatic N) is 1. The highest BCUT2D eigenvalue weighted by atomic mass is 16.4. The predicted octanol–water partition coefficient (Wildman–Crippen LogP) is -8.93. The summed E-state index contributed by atoms with van der Waals surface area (Å²) in [6, 6.07) is -6.83. The van der Waals surface area contributed by atoms with Crippen molar-refractivity contribution in [1.29, 1.82) is 0 Å². The zero-order chi connectivity index (χ0) is 105. The average Bonchev–Trinajstić information content (AvgIpc) is 1.72. The maximum atomic E-state index is 15.1. The summed E-state index contributed by atoms with van der Waals surface area (Å²) >= 11 is 0. The molecule has 0 spiro atoms. The number of benzene rings is 3. The second kappa shape index (κ2) is 58.3. The van der Waals surface area contributed by atoms with Gasteiger partial charge in [0.05, 0.1) is 25.2 Å². The first-order valence-electron chi connectivity index (χ1n) is 45.5. The Balaban J connectivity index is 1.41. The Labute approximate surface area is 807 Å². The number of aromatic hydroxyl groups is 2. The summed E-state index contributed by atoms with van der Waals surface area (Å²) in [4.78, 5) is 315. The first-order chi connectivity index (χ1) is 66.6. The Morgan fingerprint density at radius 2 is 0.759 bits per heavy atom. The lowest BCUT2D eigenvalue weighted by Gasteiger charge is -2.30. The Hall–Kier alpha value is -15.5. The Morgan fingerprint density at radius 3 is 1.19 bits per heavy atom. The fourth-order valence-corrected chi connectivity index (χ4v) is 14.7. The first kappa shape index (κ1) is 116. The SMILES string of the molecule is CC[C@H](C)[C@H](NC(=O)[C@H](CCC(N)=O)NC(=O)[C@H](Cc1ccc(O)cc1)NC(=O)[C@@H](NC(=O)[C@H](Cc1c[nH]c2ccccc12)NC(=O)[C@H](CCC(N)=O)NC(=O)CNC(=O)[C@H](CCC(N)=O)NC(=O)CNC(=O)[C@H](CCC(N)=O)NC(=O)[C@H](CCCCN)NC(=O)[C@@H](N)CCC(N)=O)[C@@H](C)O)C(=O)N[C@@H](Cc1ccc(O)cc1)C(=O)N[C@@H](CCC(N)=O)C(=O)N[C@@H](CCC(=O)O)C(=O)N1CCC[C@H]1C(=O)O. The van der Waals surface area contributed by atoms with Gasteiger partial charge in [-0.3, -0.25) is 105 Å². The summed E-state index contributed by atoms with van der Waals surface area (Å²) in [5.74, 6) is -26.7. The smallest absolute Gasteiger partial charge is 0.326 e. The number of unbranched alkanes of at least 4 members (excludes halogenated alkanes) is 1. The monoisotopic (exact) mass is 1980 g/mol. The van der Waals surface area contributed by atoms with Crippen molar-refractivity contribution in [2.75, 3.05) is 26.2 Å². The molecule has 3 aromatic carbocycles. The van der Waals surface area contributed by atoms with E-state index in [1.807, 2.05) is 0 Å². The van der Waals surface area contributed by atoms with E-state index in [0.29, 0.717) is 22.9 Å². The summed E-state index contributed by atoms with van der Waals surface area (Å²) in [5.41, 5.74) is 45.4. The quantitative estimate of drug-likeness (QED) is 0.0183. The van der Waals surface area contributed by atoms with E-state index in [0.717, 1.165) is 11.8 Å². The molecule has 36 N–H and O–H groups in total. The number of nitrogens with two attached hydrogens (primary N) is 8. The zero-order valence-corrected chi connectivity index (χ0v) is 78.0. The van der Waals surface area contributed by atoms with Gasteiger partial charge in [0.1, 0.15) is 90.0 Å². The summed E-state index contributed by atoms with van der Waals surface area (Å²) in [7, 11) is 0. The van der Waals surface area contributed by atoms with Gasteiger partial charge < -0.3 is 156 Å². The van der Waals surface area contributed by atoms with Crippen molar-refractivity contribution in [2.45, 2.75) is 259 Å². The number of phenols is 2. The molecule has 0 bridgehead atoms. The number of aromatic amines is 1. The van der Waals surface area contributed by atoms with Crippen LogP contribution in [0.25, 0.3) is 10.9 Å². The number of para-hydroxylation sites is 1. The van der Waals surface area contributed by atoms with Crippen molar-refractivity contribution >= 4 is 147 Å². The number of aliphatic hydroxyl groups is 1. The third kappa shape index (κ3) is 40.6. The maximum Gasteiger partial charge on any atom is 0.326 e. The van der Waals surface area contributed by atoms with Crippen LogP contribution in [0.2, 0.25) is 0 Å². The van der Waals surface area contributed by atoms with Crippen LogP contribution >= 0.6 is 0 Å². The number of amides is 21. The predicted molar refractivity (Wildman–Crippen MR) is 497 cm³/mol. The van der Waals surface area contributed by atoms with E-state index in [9.17, 15) is 126 Å². The molecule has 1 aromatic heterocycles. The average molecular weight is 1980 g/mol. The molecule has 1 aliphatic rings. The van der Waals surface area contributed by atoms with Gasteiger partial charge in [0.15, 0.2) is 0 Å². The van der Waals surface area contributed by atoms with Gasteiger partial charge in [0.25, 0.3) is 0 Å². The molecule has 0 unspecified atom stereocenters. The van der Waals surface area contributed by atoms with Gasteiger partial charge >= 0.3 is 11.9 Å². The Kier molecular flexibility index (Phi) is 47.9. The number of primary amides is 6. The Morgan fingerprint density at radius 1 is 0.404 bits per heavy atom. The summed E-state index contributed by atoms with van der Waals surface area (Å²) in [6.45, 7) is 2.28. The van der Waals surface area contributed by atoms with Crippen molar-refractivity contribution in [3.8, 4) is 11.5 Å². The number of fused-ring (bicyclic) bond motifs is 1. The number of hydrogen-bond donors (Lipinski definition) is 28. The Bertz CT molecular complexity index is 5120. The van der Waals surface area contributed by atoms with E-state index in [1.165, 1.54) is 61.7 Å². The molecule has 21 amide bonds. The lowest BCUT2D eigenvalue weighted by atomic mass is 9.96. The van der Waals surface area contributed by atoms with Gasteiger partial charge in [0, 0.05) is 87.9 Å². The molecule has 4 aromatic rings. The highest BCUT2D eigenvalue weighted by molar-refractivity contribution is 6.02. The van der Waals surface area contributed by atoms with E-state index < -0.39 is 342 Å². The summed E-state index contributed by atoms with van der Waals surface area (Å²) < 4.78 is 0. The largest absolute Gasteiger partial charge is 0.508 e. The second-order valence-electron chi connectivity index (χ2n) is 33.9. The number of carbonyl (C=O) groups is 23. The molecule has 1 fully saturated rings. The van der Waals surface area contributed by atoms with Crippen LogP contribution in [0.3, 0.4) is 0 Å². The number of hydrogen-bond acceptors (Lipinski definition) is 28. The highest BCUT2D eigenvalue weighted by Crippen LogP contribution is 2.24. The molecular formula is C89H128N24O28. The number of likely N-dealkylation sites (tertiary alicyclic amines) is 1. The van der Waals surface area contributed by atoms with Crippen molar-refractivity contribution in [1.82, 2.24) is 84.3 Å². The molecule has 141 heavy (non-hydrogen) atoms. The number of aliphatic carboxylic acids is 2. The molecule has 52 heteroatoms. The van der Waals surface area contributed by atoms with Crippen LogP contribution < -0.4 is 120 Å². The van der Waals surface area contributed by atoms with E-state index >= 15 is 9.59 Å². The third-order valence-corrected chi connectivity index (χ3v) is 22.8. The maximum absolute atomic E-state index is 15.1. The lowest BCUT2D eigenvalue weighted by molar-refractivity contribution is -0.150. The topological polar surface area (TPSA) is 889 Å². The lowest BCUT2D eigenvalue weighted by Crippen LogP contribution is -2.62. The van der Waals surface area contributed by atoms with Gasteiger partial charge in [-0.1, -0.05) is 62.7 Å². The molecule has 0 radical (unpaired) electrons. The van der Waals surface area contributed by atoms with Crippen LogP contribution in [-0.4, -0.2) is 288 Å². The number of rotatable bonds is 64. The zero-order valence-electron chi connectivity index (χ0n) is 78.0. The number of carboxylic acids is 2. The molecule has 16 atom stereocenters. The van der Waals surface area contributed by atoms with E-state index in [-0.39, 0.29) is 80.7 Å². The second-order valence-corrected chi connectivity index (χ2v) is 33.9. The van der Waals surface area contributed by atoms with Crippen molar-refractivity contribution in [2.24, 2.45) is 51.8 Å². The van der Waals surface area contributed by atoms with Crippen LogP contribution in [0.5, 0.6) is 11.5 Å². The van der Waals surface area contributed by atoms with Crippen molar-refractivity contribution in [3.63, 3.8) is 0 Å². The van der Waals surface area contributed by atoms with Gasteiger partial charge in [0.2, 0.25) is 124 Å². The molecule has 5 rings (SSSR count). The summed E-state index contributed by atoms with van der Waals surface area (Å²) in [6.07, 6.45) is -8.26. The normalized spacial score (nSPS) is 15.3. The molecule has 772 valence electrons. The fraction of sp³-hybridized carbons (Fsp3) is 0.517. The minimum absolute atomic E-state index is 0.0300. The molecule has 1 aliphatic heterocycles. The first-order valence-corrected chi connectivity index (χ1v) is 45.5. The molecule has 1 saturated heterocycles. The molecular weight excluding hydrogens is 1850 g/mol. The van der Waals surface area contributed by atoms with Gasteiger partial charge in [-0.2, -0.15) is 0 Å². The fourth-order valence-electron chi connectivity index (χ4n) is 14.7. The number of phenolic OH excluding ortho intramolecular Hbond substituents is 2. The number of aliphatic hydroxyl groups excluding tert-OH is 1. The number of aromatic nitrogens is 1. The van der Waals surface area contributed by atoms with E-state index in [2.05, 4.69) is 79.4 Å². The summed E-state index contributed by atoms with van der Waals surface area (Å²) in [5, 5.41) is 85.6. The van der Waals surface area contributed by atoms with Crippen molar-refractivity contribution in [3.05, 3.63) is 95.7 Å². The molecule has 52 nitrogen and oxygen atoms in total. The number of nitrogens with one attached hydrogen (secondary N) is 15. The van der Waals surface area contributed by atoms with E-state index in [4.69, 9.17) is 45.9 Å². The van der Waals surface area contributed by atoms with Crippen molar-refractivity contribution < 1.29 is 136 Å².